The minimum Gasteiger partial charge on any atom is -0.496 e. The highest BCUT2D eigenvalue weighted by Crippen LogP contribution is 2.41. The lowest BCUT2D eigenvalue weighted by Crippen LogP contribution is -2.26. The number of benzene rings is 2. The van der Waals surface area contributed by atoms with Crippen molar-refractivity contribution in [2.75, 3.05) is 7.11 Å². The van der Waals surface area contributed by atoms with Crippen molar-refractivity contribution in [3.05, 3.63) is 83.4 Å². The molecule has 32 heavy (non-hydrogen) atoms. The first-order chi connectivity index (χ1) is 15.7. The Morgan fingerprint density at radius 2 is 1.69 bits per heavy atom. The van der Waals surface area contributed by atoms with Crippen LogP contribution in [0.5, 0.6) is 5.75 Å². The summed E-state index contributed by atoms with van der Waals surface area (Å²) in [6.07, 6.45) is 13.8. The van der Waals surface area contributed by atoms with Crippen LogP contribution in [0.1, 0.15) is 73.9 Å². The van der Waals surface area contributed by atoms with Crippen LogP contribution in [0.15, 0.2) is 60.9 Å². The summed E-state index contributed by atoms with van der Waals surface area (Å²) in [7, 11) is 1.69. The Kier molecular flexibility index (Phi) is 8.92. The fourth-order valence-electron chi connectivity index (χ4n) is 4.49. The Morgan fingerprint density at radius 3 is 2.34 bits per heavy atom. The average Bonchev–Trinajstić information content (AvgIpc) is 3.35. The maximum absolute atomic E-state index is 10.4. The minimum absolute atomic E-state index is 0.691. The molecule has 1 unspecified atom stereocenters. The second-order valence-corrected chi connectivity index (χ2v) is 8.60. The van der Waals surface area contributed by atoms with Gasteiger partial charge in [-0.3, -0.25) is 0 Å². The minimum atomic E-state index is -0.691. The third-order valence-corrected chi connectivity index (χ3v) is 6.29. The fourth-order valence-corrected chi connectivity index (χ4v) is 4.49. The van der Waals surface area contributed by atoms with E-state index in [1.807, 2.05) is 36.7 Å². The quantitative estimate of drug-likeness (QED) is 0.301. The number of methoxy groups -OCH3 is 1. The Balaban J connectivity index is 1.57. The van der Waals surface area contributed by atoms with Crippen molar-refractivity contribution in [1.82, 2.24) is 9.97 Å². The lowest BCUT2D eigenvalue weighted by Gasteiger charge is -2.29. The van der Waals surface area contributed by atoms with E-state index in [0.717, 1.165) is 53.9 Å². The van der Waals surface area contributed by atoms with Gasteiger partial charge in [0.2, 0.25) is 0 Å². The number of hydrogen-bond donors (Lipinski definition) is 1. The van der Waals surface area contributed by atoms with Crippen molar-refractivity contribution >= 4 is 0 Å². The molecular formula is C28H35N3O. The molecule has 2 aromatic carbocycles. The van der Waals surface area contributed by atoms with Gasteiger partial charge in [-0.05, 0) is 37.0 Å². The van der Waals surface area contributed by atoms with Crippen molar-refractivity contribution in [3.8, 4) is 11.8 Å². The van der Waals surface area contributed by atoms with Crippen LogP contribution in [0.4, 0.5) is 0 Å². The molecule has 4 heteroatoms. The normalized spacial score (nSPS) is 12.8. The second kappa shape index (κ2) is 12.1. The summed E-state index contributed by atoms with van der Waals surface area (Å²) < 4.78 is 5.71. The number of aryl methyl sites for hydroxylation is 2. The third-order valence-electron chi connectivity index (χ3n) is 6.29. The van der Waals surface area contributed by atoms with Gasteiger partial charge in [0.1, 0.15) is 17.0 Å². The van der Waals surface area contributed by atoms with Gasteiger partial charge in [0, 0.05) is 24.4 Å². The van der Waals surface area contributed by atoms with Gasteiger partial charge in [0.05, 0.1) is 13.2 Å². The number of imidazole rings is 1. The Morgan fingerprint density at radius 1 is 0.969 bits per heavy atom. The fraction of sp³-hybridized carbons (Fsp3) is 0.429. The number of unbranched alkanes of at least 4 members (excludes halogenated alkanes) is 6. The lowest BCUT2D eigenvalue weighted by molar-refractivity contribution is 0.397. The summed E-state index contributed by atoms with van der Waals surface area (Å²) in [4.78, 5) is 7.45. The van der Waals surface area contributed by atoms with Gasteiger partial charge in [-0.1, -0.05) is 81.0 Å². The molecule has 0 saturated heterocycles. The van der Waals surface area contributed by atoms with E-state index in [1.165, 1.54) is 32.1 Å². The molecular weight excluding hydrogens is 394 g/mol. The summed E-state index contributed by atoms with van der Waals surface area (Å²) in [5, 5.41) is 10.4. The van der Waals surface area contributed by atoms with Gasteiger partial charge in [0.25, 0.3) is 0 Å². The average molecular weight is 430 g/mol. The van der Waals surface area contributed by atoms with E-state index in [-0.39, 0.29) is 0 Å². The zero-order valence-electron chi connectivity index (χ0n) is 19.4. The van der Waals surface area contributed by atoms with E-state index in [1.54, 1.807) is 7.11 Å². The van der Waals surface area contributed by atoms with E-state index in [9.17, 15) is 5.26 Å². The molecule has 4 nitrogen and oxygen atoms in total. The summed E-state index contributed by atoms with van der Waals surface area (Å²) in [5.74, 6) is 1.89. The molecule has 1 heterocycles. The topological polar surface area (TPSA) is 61.7 Å². The first-order valence-electron chi connectivity index (χ1n) is 11.8. The summed E-state index contributed by atoms with van der Waals surface area (Å²) in [6, 6.07) is 19.1. The molecule has 3 aromatic rings. The largest absolute Gasteiger partial charge is 0.496 e. The smallest absolute Gasteiger partial charge is 0.124 e. The number of rotatable bonds is 13. The highest BCUT2D eigenvalue weighted by atomic mass is 16.5. The molecule has 1 atom stereocenters. The molecule has 3 rings (SSSR count). The molecule has 0 bridgehead atoms. The van der Waals surface area contributed by atoms with Crippen LogP contribution >= 0.6 is 0 Å². The number of hydrogen-bond acceptors (Lipinski definition) is 3. The molecule has 0 aliphatic carbocycles. The van der Waals surface area contributed by atoms with E-state index < -0.39 is 5.41 Å². The first kappa shape index (κ1) is 23.6. The van der Waals surface area contributed by atoms with E-state index in [4.69, 9.17) is 4.74 Å². The van der Waals surface area contributed by atoms with Crippen LogP contribution < -0.4 is 4.74 Å². The van der Waals surface area contributed by atoms with Gasteiger partial charge in [0.15, 0.2) is 0 Å². The number of aromatic amines is 1. The second-order valence-electron chi connectivity index (χ2n) is 8.60. The van der Waals surface area contributed by atoms with Gasteiger partial charge < -0.3 is 9.72 Å². The molecule has 0 aliphatic rings. The molecule has 1 aromatic heterocycles. The van der Waals surface area contributed by atoms with Crippen molar-refractivity contribution in [3.63, 3.8) is 0 Å². The number of aromatic nitrogens is 2. The van der Waals surface area contributed by atoms with Crippen molar-refractivity contribution in [2.24, 2.45) is 0 Å². The molecule has 0 radical (unpaired) electrons. The molecule has 168 valence electrons. The van der Waals surface area contributed by atoms with Crippen LogP contribution in [-0.2, 0) is 11.8 Å². The first-order valence-corrected chi connectivity index (χ1v) is 11.8. The molecule has 0 aliphatic heterocycles. The molecule has 0 fully saturated rings. The zero-order valence-corrected chi connectivity index (χ0v) is 19.4. The van der Waals surface area contributed by atoms with Crippen LogP contribution in [0.2, 0.25) is 0 Å². The van der Waals surface area contributed by atoms with Gasteiger partial charge in [-0.25, -0.2) is 4.98 Å². The van der Waals surface area contributed by atoms with E-state index in [0.29, 0.717) is 0 Å². The lowest BCUT2D eigenvalue weighted by atomic mass is 9.71. The van der Waals surface area contributed by atoms with Crippen LogP contribution in [0.25, 0.3) is 0 Å². The zero-order chi connectivity index (χ0) is 22.7. The monoisotopic (exact) mass is 429 g/mol. The van der Waals surface area contributed by atoms with Crippen molar-refractivity contribution in [1.29, 1.82) is 5.26 Å². The standard InChI is InChI=1S/C28H35N3O/c1-23-16-17-25(26(21-23)32-2)28(22-29,24-13-9-8-10-14-24)18-12-7-5-3-4-6-11-15-27-30-19-20-31-27/h8-10,13-14,16-17,19-21H,3-7,11-12,15,18H2,1-2H3,(H,30,31). The Labute approximate surface area is 192 Å². The SMILES string of the molecule is COc1cc(C)ccc1C(C#N)(CCCCCCCCCc1ncc[nH]1)c1ccccc1. The Hall–Kier alpha value is -3.06. The summed E-state index contributed by atoms with van der Waals surface area (Å²) in [5.41, 5.74) is 2.46. The van der Waals surface area contributed by atoms with Crippen molar-refractivity contribution in [2.45, 2.75) is 70.1 Å². The molecule has 0 saturated carbocycles. The number of ether oxygens (including phenoxy) is 1. The maximum Gasteiger partial charge on any atom is 0.124 e. The van der Waals surface area contributed by atoms with Crippen LogP contribution in [-0.4, -0.2) is 17.1 Å². The van der Waals surface area contributed by atoms with Crippen molar-refractivity contribution < 1.29 is 4.74 Å². The number of nitrogens with zero attached hydrogens (tertiary/aromatic N) is 2. The summed E-state index contributed by atoms with van der Waals surface area (Å²) in [6.45, 7) is 2.05. The summed E-state index contributed by atoms with van der Waals surface area (Å²) >= 11 is 0. The highest BCUT2D eigenvalue weighted by Gasteiger charge is 2.36. The molecule has 0 amide bonds. The number of H-pyrrole nitrogens is 1. The molecule has 0 spiro atoms. The van der Waals surface area contributed by atoms with Gasteiger partial charge >= 0.3 is 0 Å². The van der Waals surface area contributed by atoms with Gasteiger partial charge in [-0.2, -0.15) is 5.26 Å². The van der Waals surface area contributed by atoms with E-state index in [2.05, 4.69) is 47.2 Å². The maximum atomic E-state index is 10.4. The van der Waals surface area contributed by atoms with Crippen LogP contribution in [0.3, 0.4) is 0 Å². The highest BCUT2D eigenvalue weighted by molar-refractivity contribution is 5.53. The molecule has 1 N–H and O–H groups in total. The van der Waals surface area contributed by atoms with Crippen LogP contribution in [0, 0.1) is 18.3 Å². The predicted molar refractivity (Wildman–Crippen MR) is 130 cm³/mol. The van der Waals surface area contributed by atoms with Gasteiger partial charge in [-0.15, -0.1) is 0 Å². The van der Waals surface area contributed by atoms with E-state index >= 15 is 0 Å². The Bertz CT molecular complexity index is 976. The number of nitrogens with one attached hydrogen (secondary N) is 1. The predicted octanol–water partition coefficient (Wildman–Crippen LogP) is 6.90. The third kappa shape index (κ3) is 6.01. The number of nitriles is 1.